The molecule has 0 aliphatic carbocycles. The zero-order valence-electron chi connectivity index (χ0n) is 20.6. The number of hydrogen-bond acceptors (Lipinski definition) is 4. The minimum absolute atomic E-state index is 0.143. The molecule has 10 heteroatoms. The van der Waals surface area contributed by atoms with Crippen LogP contribution in [0.4, 0.5) is 27.6 Å². The smallest absolute Gasteiger partial charge is 0.282 e. The molecule has 0 saturated carbocycles. The van der Waals surface area contributed by atoms with Crippen LogP contribution in [0.15, 0.2) is 42.5 Å². The van der Waals surface area contributed by atoms with Crippen LogP contribution in [0.3, 0.4) is 0 Å². The van der Waals surface area contributed by atoms with Crippen LogP contribution in [0, 0.1) is 0 Å². The standard InChI is InChI=1S/C27H31F5N4O/c1-16-11-21-19-5-2-3-6-22(19)34-24(21)25(36(16)27(32)26(30)31)20-8-7-17(12-23(20)37-15-29)33-18-13-35(14-18)10-4-9-28/h2-3,5-8,12,16,18,25-27,33-34H,4,9-11,13-15H2,1H3/t16-,25?,27?/m1/s1. The summed E-state index contributed by atoms with van der Waals surface area (Å²) in [6.45, 7) is 2.47. The molecule has 0 amide bonds. The van der Waals surface area contributed by atoms with Gasteiger partial charge in [0.25, 0.3) is 6.43 Å². The number of halogens is 5. The molecule has 2 aliphatic rings. The number of ether oxygens (including phenoxy) is 1. The van der Waals surface area contributed by atoms with Gasteiger partial charge in [-0.15, -0.1) is 0 Å². The van der Waals surface area contributed by atoms with Gasteiger partial charge in [0.1, 0.15) is 5.75 Å². The molecule has 2 aromatic carbocycles. The average Bonchev–Trinajstić information content (AvgIpc) is 3.23. The van der Waals surface area contributed by atoms with Gasteiger partial charge in [0.05, 0.1) is 18.8 Å². The SMILES string of the molecule is C[C@@H]1Cc2c([nH]c3ccccc23)C(c2ccc(NC3CN(CCCF)C3)cc2OCF)N1C(F)C(F)F. The monoisotopic (exact) mass is 522 g/mol. The molecule has 3 heterocycles. The number of anilines is 1. The molecule has 0 spiro atoms. The fourth-order valence-electron chi connectivity index (χ4n) is 5.71. The zero-order valence-corrected chi connectivity index (χ0v) is 20.6. The first-order valence-corrected chi connectivity index (χ1v) is 12.6. The molecule has 1 aromatic heterocycles. The van der Waals surface area contributed by atoms with Crippen molar-refractivity contribution in [2.45, 2.75) is 50.6 Å². The Balaban J connectivity index is 1.51. The fourth-order valence-corrected chi connectivity index (χ4v) is 5.71. The molecule has 3 atom stereocenters. The predicted octanol–water partition coefficient (Wildman–Crippen LogP) is 5.83. The Hall–Kier alpha value is -2.85. The first-order valence-electron chi connectivity index (χ1n) is 12.6. The summed E-state index contributed by atoms with van der Waals surface area (Å²) in [4.78, 5) is 6.61. The number of nitrogens with zero attached hydrogens (tertiary/aromatic N) is 2. The normalized spacial score (nSPS) is 21.7. The van der Waals surface area contributed by atoms with Gasteiger partial charge < -0.3 is 15.0 Å². The van der Waals surface area contributed by atoms with E-state index >= 15 is 4.39 Å². The number of benzene rings is 2. The van der Waals surface area contributed by atoms with Crippen molar-refractivity contribution < 1.29 is 26.7 Å². The summed E-state index contributed by atoms with van der Waals surface area (Å²) in [7, 11) is 0. The van der Waals surface area contributed by atoms with E-state index in [1.54, 1.807) is 25.1 Å². The number of para-hydroxylation sites is 1. The second-order valence-corrected chi connectivity index (χ2v) is 9.82. The summed E-state index contributed by atoms with van der Waals surface area (Å²) in [5.74, 6) is 0.163. The molecule has 5 nitrogen and oxygen atoms in total. The minimum Gasteiger partial charge on any atom is -0.462 e. The second kappa shape index (κ2) is 10.9. The third-order valence-corrected chi connectivity index (χ3v) is 7.37. The van der Waals surface area contributed by atoms with E-state index in [1.165, 1.54) is 0 Å². The number of aromatic amines is 1. The summed E-state index contributed by atoms with van der Waals surface area (Å²) in [6, 6.07) is 11.4. The van der Waals surface area contributed by atoms with Gasteiger partial charge in [-0.05, 0) is 37.5 Å². The van der Waals surface area contributed by atoms with Crippen molar-refractivity contribution in [3.05, 3.63) is 59.3 Å². The highest BCUT2D eigenvalue weighted by Crippen LogP contribution is 2.46. The van der Waals surface area contributed by atoms with Crippen LogP contribution < -0.4 is 10.1 Å². The Morgan fingerprint density at radius 2 is 1.89 bits per heavy atom. The molecule has 200 valence electrons. The van der Waals surface area contributed by atoms with Gasteiger partial charge in [0, 0.05) is 59.6 Å². The van der Waals surface area contributed by atoms with Gasteiger partial charge in [0.2, 0.25) is 13.2 Å². The fraction of sp³-hybridized carbons (Fsp3) is 0.481. The van der Waals surface area contributed by atoms with Crippen molar-refractivity contribution in [2.24, 2.45) is 0 Å². The number of rotatable bonds is 10. The molecule has 1 fully saturated rings. The molecule has 0 radical (unpaired) electrons. The van der Waals surface area contributed by atoms with Gasteiger partial charge in [-0.3, -0.25) is 14.2 Å². The topological polar surface area (TPSA) is 43.5 Å². The van der Waals surface area contributed by atoms with Gasteiger partial charge >= 0.3 is 0 Å². The zero-order chi connectivity index (χ0) is 26.1. The third kappa shape index (κ3) is 5.01. The molecule has 3 aromatic rings. The van der Waals surface area contributed by atoms with Gasteiger partial charge in [0.15, 0.2) is 0 Å². The van der Waals surface area contributed by atoms with Gasteiger partial charge in [-0.2, -0.15) is 0 Å². The molecule has 2 N–H and O–H groups in total. The highest BCUT2D eigenvalue weighted by atomic mass is 19.3. The molecule has 37 heavy (non-hydrogen) atoms. The number of alkyl halides is 5. The van der Waals surface area contributed by atoms with E-state index in [4.69, 9.17) is 4.74 Å². The van der Waals surface area contributed by atoms with Crippen LogP contribution in [-0.4, -0.2) is 72.8 Å². The lowest BCUT2D eigenvalue weighted by atomic mass is 9.88. The molecule has 1 saturated heterocycles. The largest absolute Gasteiger partial charge is 0.462 e. The van der Waals surface area contributed by atoms with Crippen LogP contribution in [0.2, 0.25) is 0 Å². The predicted molar refractivity (Wildman–Crippen MR) is 134 cm³/mol. The molecule has 0 bridgehead atoms. The van der Waals surface area contributed by atoms with E-state index in [0.29, 0.717) is 36.3 Å². The van der Waals surface area contributed by atoms with Gasteiger partial charge in [-0.1, -0.05) is 24.3 Å². The lowest BCUT2D eigenvalue weighted by molar-refractivity contribution is -0.0839. The summed E-state index contributed by atoms with van der Waals surface area (Å²) in [5.41, 5.74) is 3.45. The lowest BCUT2D eigenvalue weighted by Crippen LogP contribution is -2.54. The number of H-pyrrole nitrogens is 1. The van der Waals surface area contributed by atoms with Crippen molar-refractivity contribution in [3.8, 4) is 5.75 Å². The maximum Gasteiger partial charge on any atom is 0.282 e. The van der Waals surface area contributed by atoms with E-state index in [2.05, 4.69) is 15.2 Å². The van der Waals surface area contributed by atoms with Crippen LogP contribution in [-0.2, 0) is 6.42 Å². The Kier molecular flexibility index (Phi) is 7.57. The first kappa shape index (κ1) is 25.8. The van der Waals surface area contributed by atoms with E-state index in [9.17, 15) is 17.6 Å². The number of likely N-dealkylation sites (tertiary alicyclic amines) is 1. The number of hydrogen-bond donors (Lipinski definition) is 2. The summed E-state index contributed by atoms with van der Waals surface area (Å²) in [6.07, 6.45) is -4.83. The lowest BCUT2D eigenvalue weighted by Gasteiger charge is -2.43. The summed E-state index contributed by atoms with van der Waals surface area (Å²) in [5, 5.41) is 4.32. The Bertz CT molecular complexity index is 1210. The van der Waals surface area contributed by atoms with Crippen molar-refractivity contribution in [1.29, 1.82) is 0 Å². The van der Waals surface area contributed by atoms with E-state index in [-0.39, 0.29) is 18.5 Å². The molecular weight excluding hydrogens is 491 g/mol. The highest BCUT2D eigenvalue weighted by molar-refractivity contribution is 5.85. The number of nitrogens with one attached hydrogen (secondary N) is 2. The minimum atomic E-state index is -3.21. The molecular formula is C27H31F5N4O. The van der Waals surface area contributed by atoms with Crippen LogP contribution in [0.25, 0.3) is 10.9 Å². The maximum absolute atomic E-state index is 15.1. The maximum atomic E-state index is 15.1. The van der Waals surface area contributed by atoms with Crippen molar-refractivity contribution in [1.82, 2.24) is 14.8 Å². The van der Waals surface area contributed by atoms with E-state index in [0.717, 1.165) is 34.5 Å². The third-order valence-electron chi connectivity index (χ3n) is 7.37. The van der Waals surface area contributed by atoms with Crippen LogP contribution in [0.1, 0.15) is 36.2 Å². The van der Waals surface area contributed by atoms with Gasteiger partial charge in [-0.25, -0.2) is 17.6 Å². The first-order chi connectivity index (χ1) is 17.9. The number of aromatic nitrogens is 1. The van der Waals surface area contributed by atoms with E-state index in [1.807, 2.05) is 24.3 Å². The van der Waals surface area contributed by atoms with Crippen LogP contribution >= 0.6 is 0 Å². The Morgan fingerprint density at radius 3 is 2.62 bits per heavy atom. The van der Waals surface area contributed by atoms with Crippen molar-refractivity contribution in [3.63, 3.8) is 0 Å². The van der Waals surface area contributed by atoms with E-state index < -0.39 is 31.7 Å². The average molecular weight is 523 g/mol. The Morgan fingerprint density at radius 1 is 1.11 bits per heavy atom. The molecule has 2 unspecified atom stereocenters. The quantitative estimate of drug-likeness (QED) is 0.260. The Labute approximate surface area is 212 Å². The second-order valence-electron chi connectivity index (χ2n) is 9.82. The van der Waals surface area contributed by atoms with Crippen LogP contribution in [0.5, 0.6) is 5.75 Å². The van der Waals surface area contributed by atoms with Crippen molar-refractivity contribution in [2.75, 3.05) is 38.5 Å². The van der Waals surface area contributed by atoms with Crippen molar-refractivity contribution >= 4 is 16.6 Å². The summed E-state index contributed by atoms with van der Waals surface area (Å²) < 4.78 is 73.8. The summed E-state index contributed by atoms with van der Waals surface area (Å²) >= 11 is 0. The highest BCUT2D eigenvalue weighted by Gasteiger charge is 2.44. The molecule has 5 rings (SSSR count). The number of fused-ring (bicyclic) bond motifs is 3. The molecule has 2 aliphatic heterocycles.